The SMILES string of the molecule is O.O.O.O.O.O=[As](=O)O[As](=O)=O.O=[As](=O)O[As](=O)=O.O=[As](=O)O[As](=O)=O. The molecule has 0 aromatic rings. The van der Waals surface area contributed by atoms with Gasteiger partial charge in [0.1, 0.15) is 0 Å². The predicted molar refractivity (Wildman–Crippen MR) is 64.1 cm³/mol. The molecule has 0 unspecified atom stereocenters. The fourth-order valence-electron chi connectivity index (χ4n) is 0.163. The van der Waals surface area contributed by atoms with Crippen molar-refractivity contribution in [3.05, 3.63) is 0 Å². The van der Waals surface area contributed by atoms with Gasteiger partial charge in [0.15, 0.2) is 0 Å². The van der Waals surface area contributed by atoms with Gasteiger partial charge in [-0.3, -0.25) is 0 Å². The molecule has 0 aliphatic carbocycles. The second kappa shape index (κ2) is 33.2. The molecule has 0 spiro atoms. The van der Waals surface area contributed by atoms with E-state index in [1.165, 1.54) is 0 Å². The molecule has 160 valence electrons. The topological polar surface area (TPSA) is 390 Å². The third-order valence-electron chi connectivity index (χ3n) is 0.400. The van der Waals surface area contributed by atoms with E-state index in [0.29, 0.717) is 0 Å². The summed E-state index contributed by atoms with van der Waals surface area (Å²) in [5.41, 5.74) is 0. The van der Waals surface area contributed by atoms with Crippen LogP contribution in [0.2, 0.25) is 0 Å². The standard InChI is InChI=1S/3As2O5.5H2O/c3*3-1(4)7-2(5)6;;;;;/h;;;5*1H2. The first-order chi connectivity index (χ1) is 9.38. The molecule has 0 amide bonds. The number of rotatable bonds is 6. The summed E-state index contributed by atoms with van der Waals surface area (Å²) in [7, 11) is 0. The van der Waals surface area contributed by atoms with Crippen molar-refractivity contribution in [2.45, 2.75) is 0 Å². The zero-order chi connectivity index (χ0) is 17.6. The summed E-state index contributed by atoms with van der Waals surface area (Å²) in [4.78, 5) is 0. The Kier molecular flexibility index (Phi) is 64.4. The van der Waals surface area contributed by atoms with E-state index >= 15 is 0 Å². The third-order valence-corrected chi connectivity index (χ3v) is 10.8. The van der Waals surface area contributed by atoms with Crippen LogP contribution in [0, 0.1) is 0 Å². The molecule has 0 rings (SSSR count). The van der Waals surface area contributed by atoms with Crippen molar-refractivity contribution in [1.29, 1.82) is 0 Å². The van der Waals surface area contributed by atoms with Crippen LogP contribution in [0.15, 0.2) is 0 Å². The van der Waals surface area contributed by atoms with Crippen molar-refractivity contribution in [3.8, 4) is 0 Å². The average molecular weight is 780 g/mol. The molecule has 0 aromatic heterocycles. The second-order valence-corrected chi connectivity index (χ2v) is 13.6. The van der Waals surface area contributed by atoms with Crippen LogP contribution in [-0.4, -0.2) is 117 Å². The first-order valence-electron chi connectivity index (χ1n) is 3.29. The Morgan fingerprint density at radius 3 is 0.346 bits per heavy atom. The number of hydrogen-bond acceptors (Lipinski definition) is 15. The van der Waals surface area contributed by atoms with Crippen molar-refractivity contribution >= 4 is 89.2 Å². The molecule has 0 aromatic carbocycles. The molecule has 0 bridgehead atoms. The monoisotopic (exact) mass is 780 g/mol. The molecule has 0 fully saturated rings. The molecule has 0 aliphatic heterocycles. The maximum absolute atomic E-state index is 9.34. The van der Waals surface area contributed by atoms with E-state index in [9.17, 15) is 44.9 Å². The van der Waals surface area contributed by atoms with Gasteiger partial charge in [0, 0.05) is 0 Å². The van der Waals surface area contributed by atoms with Gasteiger partial charge in [0.2, 0.25) is 0 Å². The van der Waals surface area contributed by atoms with E-state index in [0.717, 1.165) is 0 Å². The van der Waals surface area contributed by atoms with Crippen LogP contribution >= 0.6 is 0 Å². The zero-order valence-corrected chi connectivity index (χ0v) is 22.6. The molecule has 0 atom stereocenters. The van der Waals surface area contributed by atoms with E-state index in [1.54, 1.807) is 0 Å². The molecular formula is H10As6O20. The van der Waals surface area contributed by atoms with E-state index in [-0.39, 0.29) is 27.4 Å². The third kappa shape index (κ3) is 86.2. The van der Waals surface area contributed by atoms with Gasteiger partial charge in [-0.15, -0.1) is 0 Å². The Morgan fingerprint density at radius 2 is 0.346 bits per heavy atom. The molecule has 0 heterocycles. The van der Waals surface area contributed by atoms with Crippen LogP contribution in [0.3, 0.4) is 0 Å². The van der Waals surface area contributed by atoms with E-state index in [2.05, 4.69) is 8.15 Å². The summed E-state index contributed by atoms with van der Waals surface area (Å²) < 4.78 is 122. The molecule has 10 N–H and O–H groups in total. The van der Waals surface area contributed by atoms with E-state index < -0.39 is 89.2 Å². The van der Waals surface area contributed by atoms with Crippen LogP contribution < -0.4 is 0 Å². The van der Waals surface area contributed by atoms with Gasteiger partial charge in [-0.2, -0.15) is 0 Å². The Bertz CT molecular complexity index is 506. The summed E-state index contributed by atoms with van der Waals surface area (Å²) >= 11 is -23.1. The van der Waals surface area contributed by atoms with Gasteiger partial charge in [-0.05, 0) is 0 Å². The van der Waals surface area contributed by atoms with Gasteiger partial charge < -0.3 is 27.4 Å². The first-order valence-corrected chi connectivity index (χ1v) is 17.1. The molecule has 0 saturated carbocycles. The van der Waals surface area contributed by atoms with Gasteiger partial charge in [-0.25, -0.2) is 0 Å². The van der Waals surface area contributed by atoms with Gasteiger partial charge in [0.25, 0.3) is 0 Å². The summed E-state index contributed by atoms with van der Waals surface area (Å²) in [5.74, 6) is 0. The Hall–Kier alpha value is 0.631. The predicted octanol–water partition coefficient (Wildman–Crippen LogP) is -8.04. The van der Waals surface area contributed by atoms with Crippen LogP contribution in [0.25, 0.3) is 0 Å². The van der Waals surface area contributed by atoms with Crippen molar-refractivity contribution in [3.63, 3.8) is 0 Å². The number of hydrogen-bond donors (Lipinski definition) is 0. The fraction of sp³-hybridized carbons (Fsp3) is 0. The summed E-state index contributed by atoms with van der Waals surface area (Å²) in [6, 6.07) is 0. The normalized spacial score (nSPS) is 6.46. The molecule has 20 nitrogen and oxygen atoms in total. The molecule has 0 aliphatic rings. The van der Waals surface area contributed by atoms with Crippen molar-refractivity contribution < 1.29 is 80.4 Å². The van der Waals surface area contributed by atoms with E-state index in [1.807, 2.05) is 0 Å². The van der Waals surface area contributed by atoms with Gasteiger partial charge in [-0.1, -0.05) is 0 Å². The van der Waals surface area contributed by atoms with Crippen molar-refractivity contribution in [2.24, 2.45) is 0 Å². The first kappa shape index (κ1) is 50.4. The van der Waals surface area contributed by atoms with Crippen LogP contribution in [0.5, 0.6) is 0 Å². The van der Waals surface area contributed by atoms with Crippen LogP contribution in [-0.2, 0) is 53.0 Å². The summed E-state index contributed by atoms with van der Waals surface area (Å²) in [6.45, 7) is 0. The van der Waals surface area contributed by atoms with Crippen molar-refractivity contribution in [2.75, 3.05) is 0 Å². The van der Waals surface area contributed by atoms with Crippen LogP contribution in [0.1, 0.15) is 0 Å². The maximum atomic E-state index is 9.34. The summed E-state index contributed by atoms with van der Waals surface area (Å²) in [6.07, 6.45) is 0. The van der Waals surface area contributed by atoms with Gasteiger partial charge >= 0.3 is 142 Å². The molecule has 0 radical (unpaired) electrons. The zero-order valence-electron chi connectivity index (χ0n) is 11.3. The van der Waals surface area contributed by atoms with Crippen LogP contribution in [0.4, 0.5) is 0 Å². The Morgan fingerprint density at radius 1 is 0.269 bits per heavy atom. The van der Waals surface area contributed by atoms with E-state index in [4.69, 9.17) is 0 Å². The Labute approximate surface area is 168 Å². The molecular weight excluding hydrogens is 770 g/mol. The second-order valence-electron chi connectivity index (χ2n) is 1.59. The molecule has 26 heteroatoms. The molecule has 0 saturated heterocycles. The minimum atomic E-state index is -3.84. The Balaban J connectivity index is -0.0000000284. The fourth-order valence-corrected chi connectivity index (χ4v) is 4.41. The average Bonchev–Trinajstić information content (AvgIpc) is 2.10. The van der Waals surface area contributed by atoms with Crippen molar-refractivity contribution in [1.82, 2.24) is 0 Å². The quantitative estimate of drug-likeness (QED) is 0.226. The summed E-state index contributed by atoms with van der Waals surface area (Å²) in [5, 5.41) is 0. The minimum absolute atomic E-state index is 0. The molecule has 26 heavy (non-hydrogen) atoms. The van der Waals surface area contributed by atoms with Gasteiger partial charge in [0.05, 0.1) is 0 Å².